The van der Waals surface area contributed by atoms with Crippen molar-refractivity contribution in [3.8, 4) is 5.75 Å². The zero-order valence-electron chi connectivity index (χ0n) is 17.5. The Morgan fingerprint density at radius 2 is 1.93 bits per heavy atom. The molecule has 2 aromatic rings. The molecule has 0 amide bonds. The average molecular weight is 448 g/mol. The molecule has 0 aromatic heterocycles. The predicted molar refractivity (Wildman–Crippen MR) is 122 cm³/mol. The fourth-order valence-corrected chi connectivity index (χ4v) is 6.58. The van der Waals surface area contributed by atoms with E-state index in [4.69, 9.17) is 4.74 Å². The molecule has 0 unspecified atom stereocenters. The highest BCUT2D eigenvalue weighted by Crippen LogP contribution is 2.28. The molecule has 0 N–H and O–H groups in total. The highest BCUT2D eigenvalue weighted by Gasteiger charge is 2.38. The molecular weight excluding hydrogens is 418 g/mol. The van der Waals surface area contributed by atoms with Gasteiger partial charge in [-0.2, -0.15) is 4.31 Å². The maximum atomic E-state index is 12.9. The van der Waals surface area contributed by atoms with Gasteiger partial charge in [-0.15, -0.1) is 0 Å². The van der Waals surface area contributed by atoms with Gasteiger partial charge in [-0.25, -0.2) is 8.42 Å². The summed E-state index contributed by atoms with van der Waals surface area (Å²) in [5.74, 6) is 1.47. The van der Waals surface area contributed by atoms with Crippen molar-refractivity contribution in [1.82, 2.24) is 4.31 Å². The molecule has 30 heavy (non-hydrogen) atoms. The van der Waals surface area contributed by atoms with Gasteiger partial charge < -0.3 is 4.74 Å². The van der Waals surface area contributed by atoms with E-state index in [1.165, 1.54) is 21.6 Å². The normalized spacial score (nSPS) is 17.2. The van der Waals surface area contributed by atoms with Gasteiger partial charge in [0, 0.05) is 12.3 Å². The molecule has 1 fully saturated rings. The fraction of sp³-hybridized carbons (Fsp3) is 0.435. The summed E-state index contributed by atoms with van der Waals surface area (Å²) in [6.07, 6.45) is 3.05. The molecule has 0 saturated carbocycles. The Morgan fingerprint density at radius 3 is 2.67 bits per heavy atom. The van der Waals surface area contributed by atoms with E-state index in [0.717, 1.165) is 36.1 Å². The second-order valence-corrected chi connectivity index (χ2v) is 10.7. The molecule has 7 heteroatoms. The first kappa shape index (κ1) is 22.8. The Morgan fingerprint density at radius 1 is 1.17 bits per heavy atom. The second kappa shape index (κ2) is 10.5. The fourth-order valence-electron chi connectivity index (χ4n) is 3.81. The molecule has 1 aliphatic heterocycles. The van der Waals surface area contributed by atoms with E-state index in [1.54, 1.807) is 19.2 Å². The molecule has 0 spiro atoms. The first-order valence-electron chi connectivity index (χ1n) is 10.2. The highest BCUT2D eigenvalue weighted by molar-refractivity contribution is 8.13. The quantitative estimate of drug-likeness (QED) is 0.540. The number of methoxy groups -OCH3 is 1. The van der Waals surface area contributed by atoms with Crippen molar-refractivity contribution in [2.24, 2.45) is 0 Å². The number of hydrogen-bond donors (Lipinski definition) is 0. The number of rotatable bonds is 9. The molecule has 0 aliphatic carbocycles. The van der Waals surface area contributed by atoms with Crippen LogP contribution in [0.25, 0.3) is 0 Å². The minimum atomic E-state index is -3.51. The number of hydrogen-bond acceptors (Lipinski definition) is 5. The lowest BCUT2D eigenvalue weighted by Crippen LogP contribution is -2.40. The van der Waals surface area contributed by atoms with Gasteiger partial charge in [-0.05, 0) is 61.4 Å². The zero-order chi connectivity index (χ0) is 21.6. The van der Waals surface area contributed by atoms with Crippen LogP contribution in [-0.4, -0.2) is 43.3 Å². The lowest BCUT2D eigenvalue weighted by atomic mass is 10.1. The Labute approximate surface area is 183 Å². The summed E-state index contributed by atoms with van der Waals surface area (Å²) < 4.78 is 32.5. The maximum Gasteiger partial charge on any atom is 0.218 e. The number of benzene rings is 2. The largest absolute Gasteiger partial charge is 0.497 e. The van der Waals surface area contributed by atoms with E-state index in [2.05, 4.69) is 6.07 Å². The van der Waals surface area contributed by atoms with E-state index in [-0.39, 0.29) is 10.9 Å². The van der Waals surface area contributed by atoms with Crippen molar-refractivity contribution in [3.63, 3.8) is 0 Å². The SMILES string of the molecule is COc1cc(C)cc(CCCSC(=O)[C@@H]2CCCN2S(=O)(=O)Cc2ccccc2)c1. The van der Waals surface area contributed by atoms with Crippen LogP contribution < -0.4 is 4.74 Å². The van der Waals surface area contributed by atoms with Gasteiger partial charge in [-0.1, -0.05) is 48.2 Å². The molecule has 0 radical (unpaired) electrons. The number of nitrogens with zero attached hydrogens (tertiary/aromatic N) is 1. The molecule has 3 rings (SSSR count). The smallest absolute Gasteiger partial charge is 0.218 e. The summed E-state index contributed by atoms with van der Waals surface area (Å²) in [7, 11) is -1.85. The van der Waals surface area contributed by atoms with E-state index < -0.39 is 16.1 Å². The Kier molecular flexibility index (Phi) is 7.97. The summed E-state index contributed by atoms with van der Waals surface area (Å²) in [6.45, 7) is 2.46. The average Bonchev–Trinajstić information content (AvgIpc) is 3.22. The van der Waals surface area contributed by atoms with Gasteiger partial charge in [0.15, 0.2) is 0 Å². The van der Waals surface area contributed by atoms with Crippen LogP contribution in [0.4, 0.5) is 0 Å². The van der Waals surface area contributed by atoms with Crippen LogP contribution in [0.2, 0.25) is 0 Å². The second-order valence-electron chi connectivity index (χ2n) is 7.64. The predicted octanol–water partition coefficient (Wildman–Crippen LogP) is 4.19. The first-order chi connectivity index (χ1) is 14.4. The Bertz CT molecular complexity index is 960. The molecule has 1 atom stereocenters. The van der Waals surface area contributed by atoms with Crippen LogP contribution >= 0.6 is 11.8 Å². The van der Waals surface area contributed by atoms with Crippen LogP contribution in [-0.2, 0) is 27.0 Å². The lowest BCUT2D eigenvalue weighted by molar-refractivity contribution is -0.113. The van der Waals surface area contributed by atoms with E-state index in [9.17, 15) is 13.2 Å². The third-order valence-corrected chi connectivity index (χ3v) is 8.12. The lowest BCUT2D eigenvalue weighted by Gasteiger charge is -2.22. The minimum absolute atomic E-state index is 0.0361. The monoisotopic (exact) mass is 447 g/mol. The van der Waals surface area contributed by atoms with Crippen molar-refractivity contribution in [2.45, 2.75) is 44.4 Å². The summed E-state index contributed by atoms with van der Waals surface area (Å²) >= 11 is 1.26. The van der Waals surface area contributed by atoms with Crippen LogP contribution in [0.5, 0.6) is 5.75 Å². The summed E-state index contributed by atoms with van der Waals surface area (Å²) in [5, 5.41) is -0.0361. The summed E-state index contributed by atoms with van der Waals surface area (Å²) in [6, 6.07) is 14.7. The number of aryl methyl sites for hydroxylation is 2. The van der Waals surface area contributed by atoms with Crippen LogP contribution in [0.15, 0.2) is 48.5 Å². The van der Waals surface area contributed by atoms with Crippen LogP contribution in [0.3, 0.4) is 0 Å². The molecule has 1 heterocycles. The van der Waals surface area contributed by atoms with Gasteiger partial charge in [-0.3, -0.25) is 4.79 Å². The number of sulfonamides is 1. The van der Waals surface area contributed by atoms with Crippen LogP contribution in [0.1, 0.15) is 36.0 Å². The minimum Gasteiger partial charge on any atom is -0.497 e. The number of thioether (sulfide) groups is 1. The maximum absolute atomic E-state index is 12.9. The van der Waals surface area contributed by atoms with Crippen molar-refractivity contribution in [3.05, 3.63) is 65.2 Å². The van der Waals surface area contributed by atoms with E-state index in [0.29, 0.717) is 18.7 Å². The standard InChI is InChI=1S/C23H29NO4S2/c1-18-14-20(16-21(15-18)28-2)10-7-13-29-23(25)22-11-6-12-24(22)30(26,27)17-19-8-4-3-5-9-19/h3-5,8-9,14-16,22H,6-7,10-13,17H2,1-2H3/t22-/m0/s1. The summed E-state index contributed by atoms with van der Waals surface area (Å²) in [4.78, 5) is 12.8. The van der Waals surface area contributed by atoms with Crippen molar-refractivity contribution in [1.29, 1.82) is 0 Å². The van der Waals surface area contributed by atoms with Gasteiger partial charge in [0.25, 0.3) is 0 Å². The van der Waals surface area contributed by atoms with Crippen molar-refractivity contribution < 1.29 is 17.9 Å². The zero-order valence-corrected chi connectivity index (χ0v) is 19.2. The molecule has 0 bridgehead atoms. The van der Waals surface area contributed by atoms with Gasteiger partial charge in [0.1, 0.15) is 5.75 Å². The number of ether oxygens (including phenoxy) is 1. The highest BCUT2D eigenvalue weighted by atomic mass is 32.2. The Hall–Kier alpha value is -1.83. The molecule has 1 saturated heterocycles. The van der Waals surface area contributed by atoms with Gasteiger partial charge >= 0.3 is 0 Å². The molecule has 2 aromatic carbocycles. The van der Waals surface area contributed by atoms with Gasteiger partial charge in [0.2, 0.25) is 15.1 Å². The molecular formula is C23H29NO4S2. The third kappa shape index (κ3) is 6.09. The number of carbonyl (C=O) groups is 1. The van der Waals surface area contributed by atoms with E-state index in [1.807, 2.05) is 37.3 Å². The molecule has 162 valence electrons. The third-order valence-electron chi connectivity index (χ3n) is 5.23. The van der Waals surface area contributed by atoms with Gasteiger partial charge in [0.05, 0.1) is 18.9 Å². The Balaban J connectivity index is 1.52. The topological polar surface area (TPSA) is 63.7 Å². The first-order valence-corrected chi connectivity index (χ1v) is 12.8. The number of carbonyl (C=O) groups excluding carboxylic acids is 1. The van der Waals surface area contributed by atoms with Crippen molar-refractivity contribution in [2.75, 3.05) is 19.4 Å². The van der Waals surface area contributed by atoms with Crippen molar-refractivity contribution >= 4 is 26.9 Å². The summed E-state index contributed by atoms with van der Waals surface area (Å²) in [5.41, 5.74) is 3.09. The van der Waals surface area contributed by atoms with Crippen LogP contribution in [0, 0.1) is 6.92 Å². The van der Waals surface area contributed by atoms with E-state index >= 15 is 0 Å². The molecule has 1 aliphatic rings. The molecule has 5 nitrogen and oxygen atoms in total.